The number of hydrogen-bond donors (Lipinski definition) is 1. The minimum atomic E-state index is -3.49. The maximum absolute atomic E-state index is 12.2. The predicted octanol–water partition coefficient (Wildman–Crippen LogP) is 1.46. The van der Waals surface area contributed by atoms with Crippen molar-refractivity contribution >= 4 is 26.0 Å². The number of benzene rings is 1. The SMILES string of the molecule is COc1ccc(S(=O)(=O)NCCCN2CCOCC2)cc1Br. The summed E-state index contributed by atoms with van der Waals surface area (Å²) in [5.74, 6) is 0.603. The van der Waals surface area contributed by atoms with Gasteiger partial charge in [0.25, 0.3) is 0 Å². The van der Waals surface area contributed by atoms with E-state index in [0.717, 1.165) is 39.3 Å². The molecule has 0 aliphatic carbocycles. The van der Waals surface area contributed by atoms with E-state index < -0.39 is 10.0 Å². The molecule has 0 aromatic heterocycles. The Morgan fingerprint density at radius 1 is 1.36 bits per heavy atom. The smallest absolute Gasteiger partial charge is 0.240 e. The van der Waals surface area contributed by atoms with E-state index >= 15 is 0 Å². The van der Waals surface area contributed by atoms with E-state index in [1.165, 1.54) is 13.2 Å². The Morgan fingerprint density at radius 2 is 2.09 bits per heavy atom. The number of morpholine rings is 1. The molecule has 2 rings (SSSR count). The summed E-state index contributed by atoms with van der Waals surface area (Å²) in [5.41, 5.74) is 0. The number of methoxy groups -OCH3 is 1. The molecule has 1 aromatic rings. The molecule has 0 atom stereocenters. The predicted molar refractivity (Wildman–Crippen MR) is 87.8 cm³/mol. The monoisotopic (exact) mass is 392 g/mol. The van der Waals surface area contributed by atoms with Crippen LogP contribution in [0, 0.1) is 0 Å². The Balaban J connectivity index is 1.84. The van der Waals surface area contributed by atoms with Crippen LogP contribution in [0.4, 0.5) is 0 Å². The quantitative estimate of drug-likeness (QED) is 0.711. The van der Waals surface area contributed by atoms with Crippen molar-refractivity contribution in [2.75, 3.05) is 46.5 Å². The summed E-state index contributed by atoms with van der Waals surface area (Å²) in [6, 6.07) is 4.71. The highest BCUT2D eigenvalue weighted by Crippen LogP contribution is 2.27. The normalized spacial score (nSPS) is 16.6. The van der Waals surface area contributed by atoms with Gasteiger partial charge < -0.3 is 9.47 Å². The van der Waals surface area contributed by atoms with Gasteiger partial charge in [0, 0.05) is 19.6 Å². The molecule has 1 fully saturated rings. The van der Waals surface area contributed by atoms with Gasteiger partial charge in [-0.3, -0.25) is 4.90 Å². The molecule has 8 heteroatoms. The maximum atomic E-state index is 12.2. The van der Waals surface area contributed by atoms with E-state index in [1.807, 2.05) is 0 Å². The minimum absolute atomic E-state index is 0.228. The number of rotatable bonds is 7. The van der Waals surface area contributed by atoms with E-state index in [1.54, 1.807) is 12.1 Å². The fourth-order valence-electron chi connectivity index (χ4n) is 2.23. The first-order valence-electron chi connectivity index (χ1n) is 7.16. The number of nitrogens with one attached hydrogen (secondary N) is 1. The first kappa shape index (κ1) is 17.7. The highest BCUT2D eigenvalue weighted by atomic mass is 79.9. The molecule has 0 saturated carbocycles. The molecular formula is C14H21BrN2O4S. The first-order chi connectivity index (χ1) is 10.5. The third-order valence-corrected chi connectivity index (χ3v) is 5.56. The van der Waals surface area contributed by atoms with Crippen LogP contribution in [0.2, 0.25) is 0 Å². The van der Waals surface area contributed by atoms with Gasteiger partial charge in [-0.1, -0.05) is 0 Å². The van der Waals surface area contributed by atoms with Crippen LogP contribution in [-0.2, 0) is 14.8 Å². The molecule has 0 radical (unpaired) electrons. The van der Waals surface area contributed by atoms with Crippen molar-refractivity contribution in [3.8, 4) is 5.75 Å². The largest absolute Gasteiger partial charge is 0.496 e. The number of hydrogen-bond acceptors (Lipinski definition) is 5. The summed E-state index contributed by atoms with van der Waals surface area (Å²) >= 11 is 3.30. The van der Waals surface area contributed by atoms with Crippen LogP contribution in [0.15, 0.2) is 27.6 Å². The molecule has 22 heavy (non-hydrogen) atoms. The number of ether oxygens (including phenoxy) is 2. The molecule has 6 nitrogen and oxygen atoms in total. The Kier molecular flexibility index (Phi) is 6.64. The lowest BCUT2D eigenvalue weighted by molar-refractivity contribution is 0.0376. The van der Waals surface area contributed by atoms with Crippen molar-refractivity contribution in [2.24, 2.45) is 0 Å². The Morgan fingerprint density at radius 3 is 2.73 bits per heavy atom. The summed E-state index contributed by atoms with van der Waals surface area (Å²) in [5, 5.41) is 0. The number of halogens is 1. The van der Waals surface area contributed by atoms with E-state index in [0.29, 0.717) is 16.8 Å². The van der Waals surface area contributed by atoms with Gasteiger partial charge in [-0.15, -0.1) is 0 Å². The molecule has 124 valence electrons. The zero-order chi connectivity index (χ0) is 16.0. The van der Waals surface area contributed by atoms with Crippen LogP contribution in [0.5, 0.6) is 5.75 Å². The second-order valence-electron chi connectivity index (χ2n) is 5.00. The molecule has 1 saturated heterocycles. The molecule has 1 aromatic carbocycles. The van der Waals surface area contributed by atoms with Gasteiger partial charge in [-0.05, 0) is 47.1 Å². The zero-order valence-corrected chi connectivity index (χ0v) is 15.0. The van der Waals surface area contributed by atoms with Crippen LogP contribution in [-0.4, -0.2) is 59.8 Å². The van der Waals surface area contributed by atoms with E-state index in [2.05, 4.69) is 25.6 Å². The van der Waals surface area contributed by atoms with Gasteiger partial charge in [-0.25, -0.2) is 13.1 Å². The highest BCUT2D eigenvalue weighted by Gasteiger charge is 2.16. The van der Waals surface area contributed by atoms with Crippen molar-refractivity contribution in [1.82, 2.24) is 9.62 Å². The second kappa shape index (κ2) is 8.26. The Labute approximate surface area is 140 Å². The number of sulfonamides is 1. The van der Waals surface area contributed by atoms with Crippen molar-refractivity contribution in [2.45, 2.75) is 11.3 Å². The molecule has 1 aliphatic heterocycles. The number of nitrogens with zero attached hydrogens (tertiary/aromatic N) is 1. The molecule has 1 N–H and O–H groups in total. The molecule has 0 unspecified atom stereocenters. The first-order valence-corrected chi connectivity index (χ1v) is 9.44. The van der Waals surface area contributed by atoms with E-state index in [4.69, 9.17) is 9.47 Å². The van der Waals surface area contributed by atoms with Gasteiger partial charge in [0.15, 0.2) is 0 Å². The van der Waals surface area contributed by atoms with Gasteiger partial charge in [0.1, 0.15) is 5.75 Å². The Hall–Kier alpha value is -0.670. The molecule has 0 amide bonds. The van der Waals surface area contributed by atoms with Crippen LogP contribution in [0.25, 0.3) is 0 Å². The third kappa shape index (κ3) is 4.92. The molecule has 1 aliphatic rings. The summed E-state index contributed by atoms with van der Waals surface area (Å²) < 4.78 is 38.1. The van der Waals surface area contributed by atoms with Gasteiger partial charge in [0.2, 0.25) is 10.0 Å². The van der Waals surface area contributed by atoms with Crippen LogP contribution >= 0.6 is 15.9 Å². The van der Waals surface area contributed by atoms with Crippen LogP contribution < -0.4 is 9.46 Å². The average molecular weight is 393 g/mol. The zero-order valence-electron chi connectivity index (χ0n) is 12.5. The van der Waals surface area contributed by atoms with Crippen molar-refractivity contribution in [1.29, 1.82) is 0 Å². The lowest BCUT2D eigenvalue weighted by atomic mass is 10.3. The van der Waals surface area contributed by atoms with Crippen molar-refractivity contribution in [3.05, 3.63) is 22.7 Å². The lowest BCUT2D eigenvalue weighted by Gasteiger charge is -2.26. The molecule has 0 bridgehead atoms. The minimum Gasteiger partial charge on any atom is -0.496 e. The molecular weight excluding hydrogens is 372 g/mol. The fraction of sp³-hybridized carbons (Fsp3) is 0.571. The summed E-state index contributed by atoms with van der Waals surface area (Å²) in [4.78, 5) is 2.51. The van der Waals surface area contributed by atoms with Gasteiger partial charge in [-0.2, -0.15) is 0 Å². The summed E-state index contributed by atoms with van der Waals surface area (Å²) in [7, 11) is -1.95. The standard InChI is InChI=1S/C14H21BrN2O4S/c1-20-14-4-3-12(11-13(14)15)22(18,19)16-5-2-6-17-7-9-21-10-8-17/h3-4,11,16H,2,5-10H2,1H3. The van der Waals surface area contributed by atoms with Crippen LogP contribution in [0.1, 0.15) is 6.42 Å². The lowest BCUT2D eigenvalue weighted by Crippen LogP contribution is -2.38. The summed E-state index contributed by atoms with van der Waals surface area (Å²) in [6.45, 7) is 4.63. The highest BCUT2D eigenvalue weighted by molar-refractivity contribution is 9.10. The fourth-order valence-corrected chi connectivity index (χ4v) is 4.02. The van der Waals surface area contributed by atoms with E-state index in [9.17, 15) is 8.42 Å². The van der Waals surface area contributed by atoms with E-state index in [-0.39, 0.29) is 4.90 Å². The van der Waals surface area contributed by atoms with Gasteiger partial charge >= 0.3 is 0 Å². The topological polar surface area (TPSA) is 67.9 Å². The summed E-state index contributed by atoms with van der Waals surface area (Å²) in [6.07, 6.45) is 0.774. The van der Waals surface area contributed by atoms with Crippen molar-refractivity contribution in [3.63, 3.8) is 0 Å². The van der Waals surface area contributed by atoms with Gasteiger partial charge in [0.05, 0.1) is 29.7 Å². The molecule has 1 heterocycles. The maximum Gasteiger partial charge on any atom is 0.240 e. The average Bonchev–Trinajstić information content (AvgIpc) is 2.52. The second-order valence-corrected chi connectivity index (χ2v) is 7.62. The third-order valence-electron chi connectivity index (χ3n) is 3.48. The molecule has 0 spiro atoms. The van der Waals surface area contributed by atoms with Crippen LogP contribution in [0.3, 0.4) is 0 Å². The van der Waals surface area contributed by atoms with Crippen molar-refractivity contribution < 1.29 is 17.9 Å². The Bertz CT molecular complexity index is 589.